The summed E-state index contributed by atoms with van der Waals surface area (Å²) in [6, 6.07) is 8.63. The summed E-state index contributed by atoms with van der Waals surface area (Å²) >= 11 is 2.95. The Hall–Kier alpha value is -2.12. The fraction of sp³-hybridized carbons (Fsp3) is 0.458. The van der Waals surface area contributed by atoms with Gasteiger partial charge in [-0.15, -0.1) is 11.3 Å². The Bertz CT molecular complexity index is 1190. The van der Waals surface area contributed by atoms with E-state index in [2.05, 4.69) is 24.3 Å². The maximum absolute atomic E-state index is 13.9. The normalized spacial score (nSPS) is 16.2. The van der Waals surface area contributed by atoms with Gasteiger partial charge in [0.2, 0.25) is 0 Å². The minimum absolute atomic E-state index is 0.0696. The van der Waals surface area contributed by atoms with Gasteiger partial charge in [-0.2, -0.15) is 0 Å². The minimum Gasteiger partial charge on any atom is -0.465 e. The second kappa shape index (κ2) is 8.79. The number of benzene rings is 1. The van der Waals surface area contributed by atoms with Gasteiger partial charge in [-0.1, -0.05) is 55.3 Å². The molecule has 162 valence electrons. The SMILES string of the molecule is CCOC(=O)CSc1nc2sc3c(c2c(=O)n1C1CCCCC1)CCc1ccccc1-3. The van der Waals surface area contributed by atoms with Gasteiger partial charge < -0.3 is 4.74 Å². The second-order valence-corrected chi connectivity index (χ2v) is 10.1. The van der Waals surface area contributed by atoms with Gasteiger partial charge in [0.1, 0.15) is 4.83 Å². The molecule has 0 radical (unpaired) electrons. The lowest BCUT2D eigenvalue weighted by atomic mass is 9.90. The number of hydrogen-bond acceptors (Lipinski definition) is 6. The Morgan fingerprint density at radius 2 is 2.03 bits per heavy atom. The molecule has 31 heavy (non-hydrogen) atoms. The summed E-state index contributed by atoms with van der Waals surface area (Å²) in [4.78, 5) is 32.8. The van der Waals surface area contributed by atoms with Crippen molar-refractivity contribution in [2.45, 2.75) is 63.1 Å². The van der Waals surface area contributed by atoms with E-state index in [1.807, 2.05) is 4.57 Å². The minimum atomic E-state index is -0.267. The highest BCUT2D eigenvalue weighted by molar-refractivity contribution is 7.99. The zero-order valence-electron chi connectivity index (χ0n) is 17.7. The highest BCUT2D eigenvalue weighted by Gasteiger charge is 2.28. The van der Waals surface area contributed by atoms with E-state index in [0.717, 1.165) is 54.3 Å². The summed E-state index contributed by atoms with van der Waals surface area (Å²) < 4.78 is 7.00. The number of thiophene rings is 1. The maximum Gasteiger partial charge on any atom is 0.316 e. The van der Waals surface area contributed by atoms with Gasteiger partial charge in [0.15, 0.2) is 5.16 Å². The number of carbonyl (C=O) groups excluding carboxylic acids is 1. The first-order valence-corrected chi connectivity index (χ1v) is 12.9. The molecule has 2 aliphatic carbocycles. The number of esters is 1. The predicted octanol–water partition coefficient (Wildman–Crippen LogP) is 5.38. The van der Waals surface area contributed by atoms with Crippen molar-refractivity contribution < 1.29 is 9.53 Å². The fourth-order valence-electron chi connectivity index (χ4n) is 4.86. The number of hydrogen-bond donors (Lipinski definition) is 0. The largest absolute Gasteiger partial charge is 0.465 e. The predicted molar refractivity (Wildman–Crippen MR) is 126 cm³/mol. The molecule has 1 saturated carbocycles. The molecule has 0 unspecified atom stereocenters. The van der Waals surface area contributed by atoms with Crippen molar-refractivity contribution in [3.63, 3.8) is 0 Å². The third kappa shape index (κ3) is 3.82. The van der Waals surface area contributed by atoms with Crippen molar-refractivity contribution in [2.24, 2.45) is 0 Å². The van der Waals surface area contributed by atoms with E-state index < -0.39 is 0 Å². The highest BCUT2D eigenvalue weighted by atomic mass is 32.2. The van der Waals surface area contributed by atoms with E-state index in [1.165, 1.54) is 34.2 Å². The lowest BCUT2D eigenvalue weighted by Crippen LogP contribution is -2.29. The number of rotatable bonds is 5. The fourth-order valence-corrected chi connectivity index (χ4v) is 7.05. The smallest absolute Gasteiger partial charge is 0.316 e. The molecule has 1 aromatic carbocycles. The van der Waals surface area contributed by atoms with Gasteiger partial charge in [-0.05, 0) is 49.3 Å². The van der Waals surface area contributed by atoms with E-state index in [-0.39, 0.29) is 23.3 Å². The quantitative estimate of drug-likeness (QED) is 0.294. The summed E-state index contributed by atoms with van der Waals surface area (Å²) in [6.45, 7) is 2.16. The first-order chi connectivity index (χ1) is 15.2. The lowest BCUT2D eigenvalue weighted by Gasteiger charge is -2.26. The van der Waals surface area contributed by atoms with E-state index >= 15 is 0 Å². The molecule has 2 heterocycles. The summed E-state index contributed by atoms with van der Waals surface area (Å²) in [5, 5.41) is 1.45. The summed E-state index contributed by atoms with van der Waals surface area (Å²) in [5.41, 5.74) is 3.80. The average molecular weight is 455 g/mol. The molecular formula is C24H26N2O3S2. The van der Waals surface area contributed by atoms with Crippen molar-refractivity contribution in [1.29, 1.82) is 0 Å². The topological polar surface area (TPSA) is 61.2 Å². The average Bonchev–Trinajstić information content (AvgIpc) is 3.18. The van der Waals surface area contributed by atoms with Crippen LogP contribution in [-0.2, 0) is 22.4 Å². The number of nitrogens with zero attached hydrogens (tertiary/aromatic N) is 2. The van der Waals surface area contributed by atoms with Crippen LogP contribution in [0.1, 0.15) is 56.2 Å². The monoisotopic (exact) mass is 454 g/mol. The van der Waals surface area contributed by atoms with Gasteiger partial charge in [-0.3, -0.25) is 14.2 Å². The number of ether oxygens (including phenoxy) is 1. The molecular weight excluding hydrogens is 428 g/mol. The molecule has 2 aromatic heterocycles. The summed E-state index contributed by atoms with van der Waals surface area (Å²) in [6.07, 6.45) is 7.31. The van der Waals surface area contributed by atoms with Crippen LogP contribution in [0.2, 0.25) is 0 Å². The second-order valence-electron chi connectivity index (χ2n) is 8.20. The van der Waals surface area contributed by atoms with Gasteiger partial charge >= 0.3 is 5.97 Å². The van der Waals surface area contributed by atoms with Crippen LogP contribution in [-0.4, -0.2) is 27.9 Å². The Morgan fingerprint density at radius 3 is 2.84 bits per heavy atom. The van der Waals surface area contributed by atoms with E-state index in [1.54, 1.807) is 18.3 Å². The van der Waals surface area contributed by atoms with Gasteiger partial charge in [0, 0.05) is 10.9 Å². The Morgan fingerprint density at radius 1 is 1.23 bits per heavy atom. The molecule has 0 atom stereocenters. The number of carbonyl (C=O) groups is 1. The number of thioether (sulfide) groups is 1. The molecule has 0 amide bonds. The molecule has 3 aromatic rings. The standard InChI is InChI=1S/C24H26N2O3S2/c1-2-29-19(27)14-30-24-25-22-20(23(28)26(24)16-9-4-3-5-10-16)18-13-12-15-8-6-7-11-17(15)21(18)31-22/h6-8,11,16H,2-5,9-10,12-14H2,1H3. The molecule has 0 N–H and O–H groups in total. The highest BCUT2D eigenvalue weighted by Crippen LogP contribution is 2.43. The van der Waals surface area contributed by atoms with Gasteiger partial charge in [-0.25, -0.2) is 4.98 Å². The van der Waals surface area contributed by atoms with Gasteiger partial charge in [0.25, 0.3) is 5.56 Å². The molecule has 2 aliphatic rings. The van der Waals surface area contributed by atoms with Crippen molar-refractivity contribution in [3.8, 4) is 10.4 Å². The van der Waals surface area contributed by atoms with Crippen molar-refractivity contribution in [3.05, 3.63) is 45.7 Å². The maximum atomic E-state index is 13.9. The van der Waals surface area contributed by atoms with Crippen LogP contribution in [0.15, 0.2) is 34.2 Å². The third-order valence-corrected chi connectivity index (χ3v) is 8.38. The molecule has 0 bridgehead atoms. The van der Waals surface area contributed by atoms with Crippen LogP contribution in [0.3, 0.4) is 0 Å². The van der Waals surface area contributed by atoms with Crippen molar-refractivity contribution in [1.82, 2.24) is 9.55 Å². The molecule has 5 rings (SSSR count). The van der Waals surface area contributed by atoms with Crippen LogP contribution in [0.25, 0.3) is 20.7 Å². The molecule has 5 nitrogen and oxygen atoms in total. The molecule has 0 spiro atoms. The third-order valence-electron chi connectivity index (χ3n) is 6.30. The van der Waals surface area contributed by atoms with E-state index in [4.69, 9.17) is 9.72 Å². The Balaban J connectivity index is 1.65. The number of aryl methyl sites for hydroxylation is 2. The Kier molecular flexibility index (Phi) is 5.89. The first-order valence-electron chi connectivity index (χ1n) is 11.1. The van der Waals surface area contributed by atoms with Gasteiger partial charge in [0.05, 0.1) is 17.7 Å². The summed E-state index contributed by atoms with van der Waals surface area (Å²) in [7, 11) is 0. The van der Waals surface area contributed by atoms with Crippen molar-refractivity contribution in [2.75, 3.05) is 12.4 Å². The van der Waals surface area contributed by atoms with Crippen LogP contribution in [0.5, 0.6) is 0 Å². The zero-order chi connectivity index (χ0) is 21.4. The molecule has 0 aliphatic heterocycles. The number of fused-ring (bicyclic) bond motifs is 5. The van der Waals surface area contributed by atoms with E-state index in [9.17, 15) is 9.59 Å². The van der Waals surface area contributed by atoms with Crippen LogP contribution >= 0.6 is 23.1 Å². The lowest BCUT2D eigenvalue weighted by molar-refractivity contribution is -0.139. The van der Waals surface area contributed by atoms with Crippen molar-refractivity contribution >= 4 is 39.3 Å². The molecule has 0 saturated heterocycles. The van der Waals surface area contributed by atoms with Crippen LogP contribution < -0.4 is 5.56 Å². The number of aromatic nitrogens is 2. The molecule has 7 heteroatoms. The molecule has 1 fully saturated rings. The first kappa shape index (κ1) is 20.8. The Labute approximate surface area is 189 Å². The van der Waals surface area contributed by atoms with E-state index in [0.29, 0.717) is 11.8 Å². The zero-order valence-corrected chi connectivity index (χ0v) is 19.3. The summed E-state index contributed by atoms with van der Waals surface area (Å²) in [5.74, 6) is -0.0941. The van der Waals surface area contributed by atoms with Crippen LogP contribution in [0.4, 0.5) is 0 Å². The van der Waals surface area contributed by atoms with Crippen LogP contribution in [0, 0.1) is 0 Å².